The number of methoxy groups -OCH3 is 1. The van der Waals surface area contributed by atoms with E-state index < -0.39 is 0 Å². The number of aliphatic hydroxyl groups excluding tert-OH is 3. The second-order valence-corrected chi connectivity index (χ2v) is 21.0. The Bertz CT molecular complexity index is 1150. The number of carbonyl (C=O) groups is 2. The van der Waals surface area contributed by atoms with E-state index in [0.717, 1.165) is 101 Å². The largest absolute Gasteiger partial charge is 0.462 e. The third kappa shape index (κ3) is 58.5. The summed E-state index contributed by atoms with van der Waals surface area (Å²) in [5.41, 5.74) is 0.851. The Kier molecular flexibility index (Phi) is 68.0. The van der Waals surface area contributed by atoms with Crippen molar-refractivity contribution in [2.75, 3.05) is 198 Å². The minimum absolute atomic E-state index is 0.0691. The van der Waals surface area contributed by atoms with Crippen LogP contribution in [0.5, 0.6) is 0 Å². The van der Waals surface area contributed by atoms with Gasteiger partial charge >= 0.3 is 11.9 Å². The summed E-state index contributed by atoms with van der Waals surface area (Å²) in [5.74, 6) is 2.74. The second-order valence-electron chi connectivity index (χ2n) is 21.0. The van der Waals surface area contributed by atoms with E-state index in [0.29, 0.717) is 119 Å². The summed E-state index contributed by atoms with van der Waals surface area (Å²) in [7, 11) is 1.66. The molecule has 5 fully saturated rings. The van der Waals surface area contributed by atoms with Gasteiger partial charge in [0.2, 0.25) is 0 Å². The molecule has 0 aromatic rings. The molecule has 0 aromatic carbocycles. The molecule has 0 aromatic heterocycles. The Morgan fingerprint density at radius 1 is 0.432 bits per heavy atom. The fraction of sp³-hybridized carbons (Fsp3) is 0.968. The van der Waals surface area contributed by atoms with Gasteiger partial charge in [-0.1, -0.05) is 61.8 Å². The first-order valence-corrected chi connectivity index (χ1v) is 31.6. The van der Waals surface area contributed by atoms with Crippen molar-refractivity contribution in [2.45, 2.75) is 172 Å². The number of β-amino-alcohol motifs (C(OH)–C–C–N with tert-alkyl or cyclic N) is 1. The Labute approximate surface area is 495 Å². The first-order valence-electron chi connectivity index (χ1n) is 31.6. The lowest BCUT2D eigenvalue weighted by Gasteiger charge is -2.57. The Morgan fingerprint density at radius 3 is 1.05 bits per heavy atom. The van der Waals surface area contributed by atoms with E-state index in [1.807, 2.05) is 13.8 Å². The zero-order chi connectivity index (χ0) is 60.7. The number of hydrogen-bond donors (Lipinski definition) is 3. The molecule has 4 aliphatic carbocycles. The minimum atomic E-state index is -0.361. The van der Waals surface area contributed by atoms with Gasteiger partial charge in [-0.15, -0.1) is 0 Å². The smallest absolute Gasteiger partial charge is 0.303 e. The van der Waals surface area contributed by atoms with Crippen LogP contribution in [-0.4, -0.2) is 241 Å². The van der Waals surface area contributed by atoms with E-state index in [1.54, 1.807) is 45.6 Å². The second kappa shape index (κ2) is 65.9. The Hall–Kier alpha value is -1.66. The zero-order valence-corrected chi connectivity index (χ0v) is 53.9. The topological polar surface area (TPSA) is 212 Å². The summed E-state index contributed by atoms with van der Waals surface area (Å²) in [6.07, 6.45) is 19.3. The number of rotatable bonds is 42. The molecule has 3 N–H and O–H groups in total. The van der Waals surface area contributed by atoms with Crippen LogP contribution in [0.4, 0.5) is 0 Å². The van der Waals surface area contributed by atoms with Crippen LogP contribution in [0, 0.1) is 23.2 Å². The number of esters is 2. The number of carbonyl (C=O) groups excluding carboxylic acids is 2. The molecule has 1 atom stereocenters. The quantitative estimate of drug-likeness (QED) is 0.0385. The van der Waals surface area contributed by atoms with E-state index in [4.69, 9.17) is 67.4 Å². The van der Waals surface area contributed by atoms with Crippen LogP contribution in [0.3, 0.4) is 0 Å². The third-order valence-electron chi connectivity index (χ3n) is 13.1. The number of ether oxygens (including phenoxy) is 12. The van der Waals surface area contributed by atoms with Crippen LogP contribution in [0.15, 0.2) is 0 Å². The van der Waals surface area contributed by atoms with Crippen LogP contribution in [0.25, 0.3) is 0 Å². The molecule has 19 heteroatoms. The van der Waals surface area contributed by atoms with Gasteiger partial charge in [0.1, 0.15) is 12.7 Å². The molecule has 1 aliphatic heterocycles. The van der Waals surface area contributed by atoms with Crippen LogP contribution in [0.1, 0.15) is 166 Å². The molecule has 1 saturated heterocycles. The molecular formula is C62H128N2O17. The van der Waals surface area contributed by atoms with Crippen LogP contribution in [0.2, 0.25) is 0 Å². The molecule has 0 amide bonds. The van der Waals surface area contributed by atoms with Crippen molar-refractivity contribution >= 4 is 11.9 Å². The molecule has 4 bridgehead atoms. The monoisotopic (exact) mass is 1170 g/mol. The van der Waals surface area contributed by atoms with Gasteiger partial charge < -0.3 is 77.1 Å². The summed E-state index contributed by atoms with van der Waals surface area (Å²) >= 11 is 0. The van der Waals surface area contributed by atoms with E-state index >= 15 is 0 Å². The molecule has 1 heterocycles. The highest BCUT2D eigenvalue weighted by Gasteiger charge is 2.50. The van der Waals surface area contributed by atoms with Crippen molar-refractivity contribution in [3.05, 3.63) is 0 Å². The summed E-state index contributed by atoms with van der Waals surface area (Å²) in [6.45, 7) is 39.5. The molecule has 488 valence electrons. The van der Waals surface area contributed by atoms with Crippen molar-refractivity contribution in [1.82, 2.24) is 9.80 Å². The summed E-state index contributed by atoms with van der Waals surface area (Å²) < 4.78 is 61.2. The molecule has 4 saturated carbocycles. The first kappa shape index (κ1) is 83.6. The average Bonchev–Trinajstić information content (AvgIpc) is 3.45. The zero-order valence-electron chi connectivity index (χ0n) is 53.9. The fourth-order valence-corrected chi connectivity index (χ4v) is 9.91. The summed E-state index contributed by atoms with van der Waals surface area (Å²) in [4.78, 5) is 25.7. The fourth-order valence-electron chi connectivity index (χ4n) is 9.91. The van der Waals surface area contributed by atoms with E-state index in [1.165, 1.54) is 52.7 Å². The molecule has 1 unspecified atom stereocenters. The number of aliphatic hydroxyl groups is 3. The van der Waals surface area contributed by atoms with Gasteiger partial charge in [-0.2, -0.15) is 0 Å². The van der Waals surface area contributed by atoms with Crippen LogP contribution >= 0.6 is 0 Å². The summed E-state index contributed by atoms with van der Waals surface area (Å²) in [5, 5.41) is 25.0. The first-order chi connectivity index (χ1) is 39.4. The predicted octanol–water partition coefficient (Wildman–Crippen LogP) is 8.68. The molecule has 81 heavy (non-hydrogen) atoms. The van der Waals surface area contributed by atoms with Gasteiger partial charge in [-0.3, -0.25) is 14.5 Å². The van der Waals surface area contributed by atoms with Crippen molar-refractivity contribution in [3.8, 4) is 0 Å². The van der Waals surface area contributed by atoms with Gasteiger partial charge in [0, 0.05) is 86.7 Å². The molecule has 5 rings (SSSR count). The summed E-state index contributed by atoms with van der Waals surface area (Å²) in [6, 6.07) is 0. The third-order valence-corrected chi connectivity index (χ3v) is 13.1. The van der Waals surface area contributed by atoms with Crippen molar-refractivity contribution in [3.63, 3.8) is 0 Å². The van der Waals surface area contributed by atoms with Gasteiger partial charge in [0.05, 0.1) is 112 Å². The van der Waals surface area contributed by atoms with Gasteiger partial charge in [-0.25, -0.2) is 0 Å². The van der Waals surface area contributed by atoms with Crippen molar-refractivity contribution < 1.29 is 81.8 Å². The maximum atomic E-state index is 10.5. The SMILES string of the molecule is CCC(COC(C)=O)OC(C)=O.CCCC12CC3CC(CC(C3)C1)C2.CCCN1CCN(CCO)CC1.CCCO.CCCOCCOCCOCCC.CCCOCCOCCOCCO.CCCOCCOCCOCCOC. The highest BCUT2D eigenvalue weighted by atomic mass is 16.6. The van der Waals surface area contributed by atoms with Gasteiger partial charge in [0.15, 0.2) is 0 Å². The maximum Gasteiger partial charge on any atom is 0.303 e. The van der Waals surface area contributed by atoms with Crippen LogP contribution in [-0.2, 0) is 66.4 Å². The lowest BCUT2D eigenvalue weighted by Crippen LogP contribution is -2.47. The highest BCUT2D eigenvalue weighted by molar-refractivity contribution is 5.67. The molecule has 0 spiro atoms. The molecule has 0 radical (unpaired) electrons. The average molecular weight is 1170 g/mol. The maximum absolute atomic E-state index is 10.5. The van der Waals surface area contributed by atoms with Crippen LogP contribution < -0.4 is 0 Å². The van der Waals surface area contributed by atoms with E-state index in [-0.39, 0.29) is 31.3 Å². The lowest BCUT2D eigenvalue weighted by molar-refractivity contribution is -0.156. The highest BCUT2D eigenvalue weighted by Crippen LogP contribution is 2.61. The molecule has 5 aliphatic rings. The Balaban J connectivity index is -0.000000889. The number of nitrogens with zero attached hydrogens (tertiary/aromatic N) is 2. The molecular weight excluding hydrogens is 1040 g/mol. The predicted molar refractivity (Wildman–Crippen MR) is 323 cm³/mol. The minimum Gasteiger partial charge on any atom is -0.462 e. The van der Waals surface area contributed by atoms with Gasteiger partial charge in [0.25, 0.3) is 0 Å². The Morgan fingerprint density at radius 2 is 0.778 bits per heavy atom. The molecule has 19 nitrogen and oxygen atoms in total. The van der Waals surface area contributed by atoms with E-state index in [2.05, 4.69) is 56.1 Å². The van der Waals surface area contributed by atoms with Crippen molar-refractivity contribution in [2.24, 2.45) is 23.2 Å². The standard InChI is InChI=1S/C13H22.C10H22O4.C10H22O3.C9H20N2O.C9H20O4.C8H14O4.C3H8O/c1-2-3-13-7-10-4-11(8-13)6-12(5-10)9-13;1-3-4-12-7-8-14-10-9-13-6-5-11-2;1-3-5-11-7-9-13-10-8-12-6-4-2;1-2-3-10-4-6-11(7-5-10)8-9-12;1-2-4-11-6-8-13-9-7-12-5-3-10;1-4-8(12-7(3)10)5-11-6(2)9;1-2-3-4/h10-12H,2-9H2,1H3;3-10H2,1-2H3;3-10H2,1-2H3;12H,2-9H2,1H3;10H,2-9H2,1H3;8H,4-5H2,1-3H3;4H,2-3H2,1H3. The van der Waals surface area contributed by atoms with Gasteiger partial charge in [-0.05, 0) is 120 Å². The van der Waals surface area contributed by atoms with E-state index in [9.17, 15) is 9.59 Å². The normalized spacial score (nSPS) is 19.1. The lowest BCUT2D eigenvalue weighted by atomic mass is 9.49. The number of hydrogen-bond acceptors (Lipinski definition) is 19. The van der Waals surface area contributed by atoms with Crippen molar-refractivity contribution in [1.29, 1.82) is 0 Å². The number of piperazine rings is 1.